The van der Waals surface area contributed by atoms with Gasteiger partial charge in [-0.3, -0.25) is 4.79 Å². The highest BCUT2D eigenvalue weighted by Crippen LogP contribution is 2.48. The van der Waals surface area contributed by atoms with Gasteiger partial charge in [0.1, 0.15) is 0 Å². The van der Waals surface area contributed by atoms with Crippen LogP contribution in [0.15, 0.2) is 54.6 Å². The molecule has 0 aliphatic heterocycles. The first-order valence-corrected chi connectivity index (χ1v) is 8.28. The molecule has 126 valence electrons. The Morgan fingerprint density at radius 2 is 1.67 bits per heavy atom. The SMILES string of the molecule is CCOC(=O)C1C(c2ccccc2)c2ccccc2C(O)C1CO. The first-order chi connectivity index (χ1) is 11.7. The number of aliphatic hydroxyl groups is 2. The molecule has 0 saturated heterocycles. The number of esters is 1. The summed E-state index contributed by atoms with van der Waals surface area (Å²) in [5.41, 5.74) is 2.67. The zero-order valence-electron chi connectivity index (χ0n) is 13.6. The predicted octanol–water partition coefficient (Wildman–Crippen LogP) is 2.65. The molecule has 24 heavy (non-hydrogen) atoms. The maximum atomic E-state index is 12.7. The van der Waals surface area contributed by atoms with Crippen LogP contribution in [-0.2, 0) is 9.53 Å². The van der Waals surface area contributed by atoms with Crippen LogP contribution in [0.3, 0.4) is 0 Å². The number of aliphatic hydroxyl groups excluding tert-OH is 2. The van der Waals surface area contributed by atoms with E-state index < -0.39 is 17.9 Å². The first kappa shape index (κ1) is 16.7. The average Bonchev–Trinajstić information content (AvgIpc) is 2.62. The predicted molar refractivity (Wildman–Crippen MR) is 90.4 cm³/mol. The van der Waals surface area contributed by atoms with Gasteiger partial charge in [0.15, 0.2) is 0 Å². The Hall–Kier alpha value is -2.17. The number of carbonyl (C=O) groups excluding carboxylic acids is 1. The Morgan fingerprint density at radius 1 is 1.04 bits per heavy atom. The van der Waals surface area contributed by atoms with E-state index in [0.29, 0.717) is 0 Å². The van der Waals surface area contributed by atoms with Crippen molar-refractivity contribution in [2.24, 2.45) is 11.8 Å². The first-order valence-electron chi connectivity index (χ1n) is 8.28. The van der Waals surface area contributed by atoms with Crippen LogP contribution in [0.4, 0.5) is 0 Å². The molecule has 2 aromatic carbocycles. The lowest BCUT2D eigenvalue weighted by atomic mass is 9.65. The van der Waals surface area contributed by atoms with Gasteiger partial charge in [0, 0.05) is 18.4 Å². The highest BCUT2D eigenvalue weighted by molar-refractivity contribution is 5.76. The van der Waals surface area contributed by atoms with Gasteiger partial charge < -0.3 is 14.9 Å². The summed E-state index contributed by atoms with van der Waals surface area (Å²) in [6, 6.07) is 17.3. The van der Waals surface area contributed by atoms with Crippen molar-refractivity contribution in [1.29, 1.82) is 0 Å². The van der Waals surface area contributed by atoms with Gasteiger partial charge >= 0.3 is 5.97 Å². The fourth-order valence-corrected chi connectivity index (χ4v) is 3.74. The van der Waals surface area contributed by atoms with Gasteiger partial charge in [0.25, 0.3) is 0 Å². The average molecular weight is 326 g/mol. The molecule has 4 heteroatoms. The molecule has 4 unspecified atom stereocenters. The summed E-state index contributed by atoms with van der Waals surface area (Å²) >= 11 is 0. The topological polar surface area (TPSA) is 66.8 Å². The van der Waals surface area contributed by atoms with Gasteiger partial charge in [0.2, 0.25) is 0 Å². The molecule has 0 saturated carbocycles. The van der Waals surface area contributed by atoms with Crippen LogP contribution >= 0.6 is 0 Å². The lowest BCUT2D eigenvalue weighted by Crippen LogP contribution is -2.41. The second-order valence-corrected chi connectivity index (χ2v) is 6.09. The highest BCUT2D eigenvalue weighted by Gasteiger charge is 2.46. The monoisotopic (exact) mass is 326 g/mol. The number of hydrogen-bond acceptors (Lipinski definition) is 4. The van der Waals surface area contributed by atoms with Crippen molar-refractivity contribution >= 4 is 5.97 Å². The Bertz CT molecular complexity index is 698. The molecule has 0 heterocycles. The molecule has 0 fully saturated rings. The third-order valence-corrected chi connectivity index (χ3v) is 4.80. The van der Waals surface area contributed by atoms with E-state index in [1.807, 2.05) is 54.6 Å². The summed E-state index contributed by atoms with van der Waals surface area (Å²) in [5.74, 6) is -1.84. The molecule has 0 radical (unpaired) electrons. The lowest BCUT2D eigenvalue weighted by molar-refractivity contribution is -0.154. The van der Waals surface area contributed by atoms with Crippen LogP contribution in [-0.4, -0.2) is 29.4 Å². The minimum Gasteiger partial charge on any atom is -0.466 e. The molecule has 0 spiro atoms. The smallest absolute Gasteiger partial charge is 0.310 e. The van der Waals surface area contributed by atoms with Gasteiger partial charge in [-0.15, -0.1) is 0 Å². The van der Waals surface area contributed by atoms with E-state index in [0.717, 1.165) is 16.7 Å². The molecular weight excluding hydrogens is 304 g/mol. The van der Waals surface area contributed by atoms with E-state index in [4.69, 9.17) is 4.74 Å². The molecule has 3 rings (SSSR count). The van der Waals surface area contributed by atoms with E-state index in [2.05, 4.69) is 0 Å². The fraction of sp³-hybridized carbons (Fsp3) is 0.350. The summed E-state index contributed by atoms with van der Waals surface area (Å²) < 4.78 is 5.27. The highest BCUT2D eigenvalue weighted by atomic mass is 16.5. The number of hydrogen-bond donors (Lipinski definition) is 2. The normalized spacial score (nSPS) is 25.8. The number of fused-ring (bicyclic) bond motifs is 1. The quantitative estimate of drug-likeness (QED) is 0.848. The summed E-state index contributed by atoms with van der Waals surface area (Å²) in [6.45, 7) is 1.76. The number of carbonyl (C=O) groups is 1. The van der Waals surface area contributed by atoms with E-state index >= 15 is 0 Å². The maximum Gasteiger partial charge on any atom is 0.310 e. The molecule has 0 amide bonds. The van der Waals surface area contributed by atoms with Crippen molar-refractivity contribution in [3.05, 3.63) is 71.3 Å². The fourth-order valence-electron chi connectivity index (χ4n) is 3.74. The molecule has 1 aliphatic carbocycles. The molecule has 4 atom stereocenters. The minimum atomic E-state index is -0.888. The number of benzene rings is 2. The molecule has 0 bridgehead atoms. The Labute approximate surface area is 141 Å². The van der Waals surface area contributed by atoms with E-state index in [-0.39, 0.29) is 25.1 Å². The number of ether oxygens (including phenoxy) is 1. The standard InChI is InChI=1S/C20H22O4/c1-2-24-20(23)18-16(12-21)19(22)15-11-7-6-10-14(15)17(18)13-8-4-3-5-9-13/h3-11,16-19,21-22H,2,12H2,1H3. The van der Waals surface area contributed by atoms with Crippen LogP contribution in [0.1, 0.15) is 35.6 Å². The second kappa shape index (κ2) is 7.16. The zero-order chi connectivity index (χ0) is 17.1. The van der Waals surface area contributed by atoms with Crippen molar-refractivity contribution in [3.63, 3.8) is 0 Å². The van der Waals surface area contributed by atoms with E-state index in [9.17, 15) is 15.0 Å². The summed E-state index contributed by atoms with van der Waals surface area (Å²) in [6.07, 6.45) is -0.888. The van der Waals surface area contributed by atoms with Crippen LogP contribution < -0.4 is 0 Å². The van der Waals surface area contributed by atoms with Crippen molar-refractivity contribution in [2.45, 2.75) is 18.9 Å². The second-order valence-electron chi connectivity index (χ2n) is 6.09. The molecular formula is C20H22O4. The Morgan fingerprint density at radius 3 is 2.29 bits per heavy atom. The lowest BCUT2D eigenvalue weighted by Gasteiger charge is -2.40. The van der Waals surface area contributed by atoms with Crippen LogP contribution in [0.25, 0.3) is 0 Å². The minimum absolute atomic E-state index is 0.248. The van der Waals surface area contributed by atoms with Gasteiger partial charge in [-0.05, 0) is 23.6 Å². The van der Waals surface area contributed by atoms with Gasteiger partial charge in [-0.1, -0.05) is 54.6 Å². The van der Waals surface area contributed by atoms with E-state index in [1.165, 1.54) is 0 Å². The van der Waals surface area contributed by atoms with Gasteiger partial charge in [-0.25, -0.2) is 0 Å². The number of rotatable bonds is 4. The molecule has 4 nitrogen and oxygen atoms in total. The molecule has 1 aliphatic rings. The molecule has 0 aromatic heterocycles. The van der Waals surface area contributed by atoms with Gasteiger partial charge in [-0.2, -0.15) is 0 Å². The molecule has 2 aromatic rings. The van der Waals surface area contributed by atoms with Crippen molar-refractivity contribution in [1.82, 2.24) is 0 Å². The van der Waals surface area contributed by atoms with Crippen LogP contribution in [0.2, 0.25) is 0 Å². The van der Waals surface area contributed by atoms with Gasteiger partial charge in [0.05, 0.1) is 18.6 Å². The van der Waals surface area contributed by atoms with Crippen molar-refractivity contribution in [3.8, 4) is 0 Å². The van der Waals surface area contributed by atoms with Crippen molar-refractivity contribution < 1.29 is 19.7 Å². The summed E-state index contributed by atoms with van der Waals surface area (Å²) in [7, 11) is 0. The third kappa shape index (κ3) is 2.83. The third-order valence-electron chi connectivity index (χ3n) is 4.80. The summed E-state index contributed by atoms with van der Waals surface area (Å²) in [4.78, 5) is 12.7. The van der Waals surface area contributed by atoms with Crippen LogP contribution in [0, 0.1) is 11.8 Å². The largest absolute Gasteiger partial charge is 0.466 e. The van der Waals surface area contributed by atoms with E-state index in [1.54, 1.807) is 6.92 Å². The Kier molecular flexibility index (Phi) is 4.97. The van der Waals surface area contributed by atoms with Crippen molar-refractivity contribution in [2.75, 3.05) is 13.2 Å². The maximum absolute atomic E-state index is 12.7. The van der Waals surface area contributed by atoms with Crippen LogP contribution in [0.5, 0.6) is 0 Å². The zero-order valence-corrected chi connectivity index (χ0v) is 13.6. The molecule has 2 N–H and O–H groups in total. The summed E-state index contributed by atoms with van der Waals surface area (Å²) in [5, 5.41) is 20.6. The Balaban J connectivity index is 2.18.